The molecule has 0 bridgehead atoms. The third-order valence-corrected chi connectivity index (χ3v) is 0.541. The van der Waals surface area contributed by atoms with Crippen LogP contribution in [0.15, 0.2) is 23.9 Å². The van der Waals surface area contributed by atoms with Gasteiger partial charge in [0.05, 0.1) is 0 Å². The highest BCUT2D eigenvalue weighted by atomic mass is 14.5. The Bertz CT molecular complexity index is 86.4. The van der Waals surface area contributed by atoms with Crippen LogP contribution in [0.5, 0.6) is 0 Å². The molecule has 0 radical (unpaired) electrons. The molecule has 0 amide bonds. The number of allylic oxidation sites excluding steroid dienone is 3. The van der Waals surface area contributed by atoms with E-state index in [4.69, 9.17) is 5.73 Å². The van der Waals surface area contributed by atoms with Crippen LogP contribution in [0.2, 0.25) is 0 Å². The van der Waals surface area contributed by atoms with Crippen molar-refractivity contribution in [2.45, 2.75) is 13.8 Å². The molecule has 0 aromatic rings. The number of hydrogen-bond acceptors (Lipinski definition) is 1. The minimum Gasteiger partial charge on any atom is -0.405 e. The van der Waals surface area contributed by atoms with Gasteiger partial charge in [0.15, 0.2) is 0 Å². The van der Waals surface area contributed by atoms with E-state index in [1.807, 2.05) is 26.0 Å². The molecule has 7 heavy (non-hydrogen) atoms. The summed E-state index contributed by atoms with van der Waals surface area (Å²) in [6, 6.07) is 0. The van der Waals surface area contributed by atoms with Gasteiger partial charge in [-0.15, -0.1) is 0 Å². The SMILES string of the molecule is CC(C)=C/C=C\N. The van der Waals surface area contributed by atoms with Gasteiger partial charge < -0.3 is 5.73 Å². The van der Waals surface area contributed by atoms with Gasteiger partial charge in [-0.3, -0.25) is 0 Å². The van der Waals surface area contributed by atoms with Crippen LogP contribution in [0.4, 0.5) is 0 Å². The van der Waals surface area contributed by atoms with Gasteiger partial charge in [-0.05, 0) is 26.1 Å². The fraction of sp³-hybridized carbons (Fsp3) is 0.333. The second-order valence-corrected chi connectivity index (χ2v) is 1.63. The number of rotatable bonds is 1. The van der Waals surface area contributed by atoms with Crippen LogP contribution in [0.25, 0.3) is 0 Å². The van der Waals surface area contributed by atoms with Gasteiger partial charge in [-0.1, -0.05) is 11.6 Å². The molecule has 2 N–H and O–H groups in total. The van der Waals surface area contributed by atoms with E-state index in [2.05, 4.69) is 0 Å². The van der Waals surface area contributed by atoms with Gasteiger partial charge in [0.25, 0.3) is 0 Å². The first-order chi connectivity index (χ1) is 3.27. The van der Waals surface area contributed by atoms with Crippen molar-refractivity contribution in [1.29, 1.82) is 0 Å². The first-order valence-electron chi connectivity index (χ1n) is 2.29. The Hall–Kier alpha value is -0.720. The molecule has 0 spiro atoms. The van der Waals surface area contributed by atoms with Gasteiger partial charge >= 0.3 is 0 Å². The minimum atomic E-state index is 1.27. The molecule has 0 rings (SSSR count). The first-order valence-corrected chi connectivity index (χ1v) is 2.29. The van der Waals surface area contributed by atoms with Crippen LogP contribution in [0.3, 0.4) is 0 Å². The number of nitrogens with two attached hydrogens (primary N) is 1. The second-order valence-electron chi connectivity index (χ2n) is 1.63. The summed E-state index contributed by atoms with van der Waals surface area (Å²) < 4.78 is 0. The summed E-state index contributed by atoms with van der Waals surface area (Å²) in [7, 11) is 0. The highest BCUT2D eigenvalue weighted by molar-refractivity contribution is 5.06. The summed E-state index contributed by atoms with van der Waals surface area (Å²) in [5.41, 5.74) is 6.32. The standard InChI is InChI=1S/C6H11N/c1-6(2)4-3-5-7/h3-5H,7H2,1-2H3/b5-3-. The normalized spacial score (nSPS) is 9.43. The second kappa shape index (κ2) is 3.47. The maximum atomic E-state index is 5.05. The monoisotopic (exact) mass is 97.1 g/mol. The van der Waals surface area contributed by atoms with E-state index in [9.17, 15) is 0 Å². The van der Waals surface area contributed by atoms with Crippen molar-refractivity contribution >= 4 is 0 Å². The lowest BCUT2D eigenvalue weighted by atomic mass is 10.3. The Kier molecular flexibility index (Phi) is 3.11. The highest BCUT2D eigenvalue weighted by Crippen LogP contribution is 1.86. The molecule has 0 unspecified atom stereocenters. The molecule has 0 fully saturated rings. The number of hydrogen-bond donors (Lipinski definition) is 1. The molecule has 40 valence electrons. The zero-order valence-electron chi connectivity index (χ0n) is 4.81. The van der Waals surface area contributed by atoms with Crippen molar-refractivity contribution in [3.8, 4) is 0 Å². The zero-order valence-corrected chi connectivity index (χ0v) is 4.81. The molecule has 1 heteroatoms. The molecule has 0 saturated carbocycles. The van der Waals surface area contributed by atoms with Gasteiger partial charge in [0, 0.05) is 0 Å². The maximum Gasteiger partial charge on any atom is -0.00624 e. The van der Waals surface area contributed by atoms with Crippen molar-refractivity contribution in [3.63, 3.8) is 0 Å². The molecular weight excluding hydrogens is 86.1 g/mol. The van der Waals surface area contributed by atoms with E-state index >= 15 is 0 Å². The van der Waals surface area contributed by atoms with E-state index in [0.717, 1.165) is 0 Å². The summed E-state index contributed by atoms with van der Waals surface area (Å²) in [6.45, 7) is 4.06. The lowest BCUT2D eigenvalue weighted by Gasteiger charge is -1.78. The summed E-state index contributed by atoms with van der Waals surface area (Å²) in [4.78, 5) is 0. The van der Waals surface area contributed by atoms with Crippen LogP contribution in [-0.2, 0) is 0 Å². The molecule has 0 aromatic carbocycles. The molecule has 0 aliphatic heterocycles. The summed E-state index contributed by atoms with van der Waals surface area (Å²) in [6.07, 6.45) is 5.29. The fourth-order valence-electron chi connectivity index (χ4n) is 0.248. The Balaban J connectivity index is 3.46. The lowest BCUT2D eigenvalue weighted by molar-refractivity contribution is 1.39. The Morgan fingerprint density at radius 3 is 2.14 bits per heavy atom. The van der Waals surface area contributed by atoms with E-state index in [0.29, 0.717) is 0 Å². The maximum absolute atomic E-state index is 5.05. The Labute approximate surface area is 44.5 Å². The van der Waals surface area contributed by atoms with Crippen LogP contribution in [0, 0.1) is 0 Å². The lowest BCUT2D eigenvalue weighted by Crippen LogP contribution is -1.72. The highest BCUT2D eigenvalue weighted by Gasteiger charge is 1.65. The predicted octanol–water partition coefficient (Wildman–Crippen LogP) is 1.43. The smallest absolute Gasteiger partial charge is 0.00624 e. The zero-order chi connectivity index (χ0) is 5.70. The Morgan fingerprint density at radius 1 is 1.43 bits per heavy atom. The first kappa shape index (κ1) is 6.28. The summed E-state index contributed by atoms with van der Waals surface area (Å²) in [5, 5.41) is 0. The van der Waals surface area contributed by atoms with Gasteiger partial charge in [0.1, 0.15) is 0 Å². The Morgan fingerprint density at radius 2 is 2.00 bits per heavy atom. The minimum absolute atomic E-state index is 1.27. The molecule has 1 nitrogen and oxygen atoms in total. The fourth-order valence-corrected chi connectivity index (χ4v) is 0.248. The summed E-state index contributed by atoms with van der Waals surface area (Å²) >= 11 is 0. The van der Waals surface area contributed by atoms with Crippen LogP contribution >= 0.6 is 0 Å². The van der Waals surface area contributed by atoms with Crippen molar-refractivity contribution in [2.75, 3.05) is 0 Å². The van der Waals surface area contributed by atoms with E-state index < -0.39 is 0 Å². The molecule has 0 saturated heterocycles. The van der Waals surface area contributed by atoms with E-state index in [1.54, 1.807) is 0 Å². The summed E-state index contributed by atoms with van der Waals surface area (Å²) in [5.74, 6) is 0. The van der Waals surface area contributed by atoms with Gasteiger partial charge in [-0.25, -0.2) is 0 Å². The van der Waals surface area contributed by atoms with Crippen LogP contribution in [-0.4, -0.2) is 0 Å². The van der Waals surface area contributed by atoms with Gasteiger partial charge in [0.2, 0.25) is 0 Å². The molecule has 0 atom stereocenters. The average Bonchev–Trinajstić information content (AvgIpc) is 1.61. The van der Waals surface area contributed by atoms with Crippen molar-refractivity contribution in [3.05, 3.63) is 23.9 Å². The topological polar surface area (TPSA) is 26.0 Å². The molecular formula is C6H11N. The van der Waals surface area contributed by atoms with Crippen LogP contribution in [0.1, 0.15) is 13.8 Å². The van der Waals surface area contributed by atoms with E-state index in [1.165, 1.54) is 11.8 Å². The third-order valence-electron chi connectivity index (χ3n) is 0.541. The van der Waals surface area contributed by atoms with E-state index in [-0.39, 0.29) is 0 Å². The van der Waals surface area contributed by atoms with Crippen molar-refractivity contribution in [2.24, 2.45) is 5.73 Å². The average molecular weight is 97.2 g/mol. The largest absolute Gasteiger partial charge is 0.405 e. The molecule has 0 aliphatic carbocycles. The van der Waals surface area contributed by atoms with Gasteiger partial charge in [-0.2, -0.15) is 0 Å². The molecule has 0 heterocycles. The third kappa shape index (κ3) is 5.28. The van der Waals surface area contributed by atoms with Crippen molar-refractivity contribution < 1.29 is 0 Å². The molecule has 0 aliphatic rings. The van der Waals surface area contributed by atoms with Crippen LogP contribution < -0.4 is 5.73 Å². The predicted molar refractivity (Wildman–Crippen MR) is 32.8 cm³/mol. The molecule has 0 aromatic heterocycles. The van der Waals surface area contributed by atoms with Crippen molar-refractivity contribution in [1.82, 2.24) is 0 Å². The quantitative estimate of drug-likeness (QED) is 0.492.